The van der Waals surface area contributed by atoms with Crippen molar-refractivity contribution in [2.75, 3.05) is 67.1 Å². The molecule has 0 aliphatic rings. The molecule has 0 aromatic heterocycles. The van der Waals surface area contributed by atoms with E-state index in [9.17, 15) is 77.5 Å². The lowest BCUT2D eigenvalue weighted by Gasteiger charge is -2.24. The van der Waals surface area contributed by atoms with E-state index in [0.717, 1.165) is 12.2 Å². The van der Waals surface area contributed by atoms with Gasteiger partial charge in [0.25, 0.3) is 0 Å². The minimum atomic E-state index is -6.60. The first kappa shape index (κ1) is 64.3. The highest BCUT2D eigenvalue weighted by Gasteiger charge is 2.76. The van der Waals surface area contributed by atoms with E-state index in [2.05, 4.69) is 27.4 Å². The summed E-state index contributed by atoms with van der Waals surface area (Å²) in [7, 11) is 2.93. The van der Waals surface area contributed by atoms with Gasteiger partial charge in [-0.15, -0.1) is 0 Å². The van der Waals surface area contributed by atoms with E-state index in [-0.39, 0.29) is 39.3 Å². The van der Waals surface area contributed by atoms with Crippen LogP contribution in [-0.4, -0.2) is 170 Å². The molecule has 0 saturated carbocycles. The highest BCUT2D eigenvalue weighted by atomic mass is 19.4. The molecule has 30 heteroatoms. The van der Waals surface area contributed by atoms with Crippen LogP contribution >= 0.6 is 0 Å². The summed E-state index contributed by atoms with van der Waals surface area (Å²) in [6.07, 6.45) is -10.3. The second-order valence-corrected chi connectivity index (χ2v) is 8.66. The maximum absolute atomic E-state index is 11.8. The van der Waals surface area contributed by atoms with Gasteiger partial charge in [-0.3, -0.25) is 9.59 Å². The number of halogens is 10. The SMILES string of the molecule is C=CC(=O)O.C=CC(=O)OCCOC(=O)CCC(=O)O.COCC(=O)O.COCCOCCOCC(=O)O.O=C(O)C(F)(F)C(F)(F)C(F)(F)F.O=C(O)C(F)(F)F. The highest BCUT2D eigenvalue weighted by molar-refractivity contribution is 5.81. The van der Waals surface area contributed by atoms with Crippen LogP contribution in [0.25, 0.3) is 0 Å². The van der Waals surface area contributed by atoms with Crippen LogP contribution in [0.3, 0.4) is 0 Å². The fraction of sp³-hybridized carbons (Fsp3) is 0.571. The van der Waals surface area contributed by atoms with Crippen molar-refractivity contribution in [2.45, 2.75) is 37.0 Å². The van der Waals surface area contributed by atoms with E-state index in [4.69, 9.17) is 49.6 Å². The predicted molar refractivity (Wildman–Crippen MR) is 165 cm³/mol. The zero-order valence-electron chi connectivity index (χ0n) is 29.8. The third-order valence-electron chi connectivity index (χ3n) is 4.03. The minimum Gasteiger partial charge on any atom is -0.481 e. The number of esters is 2. The van der Waals surface area contributed by atoms with E-state index in [1.165, 1.54) is 7.11 Å². The zero-order valence-corrected chi connectivity index (χ0v) is 29.8. The largest absolute Gasteiger partial charge is 0.490 e. The average molecular weight is 885 g/mol. The number of alkyl halides is 10. The quantitative estimate of drug-likeness (QED) is 0.0442. The smallest absolute Gasteiger partial charge is 0.481 e. The summed E-state index contributed by atoms with van der Waals surface area (Å²) in [5.41, 5.74) is 0. The van der Waals surface area contributed by atoms with Crippen LogP contribution in [0.1, 0.15) is 12.8 Å². The van der Waals surface area contributed by atoms with Gasteiger partial charge in [0, 0.05) is 26.4 Å². The van der Waals surface area contributed by atoms with Crippen molar-refractivity contribution in [1.82, 2.24) is 0 Å². The topological polar surface area (TPSA) is 313 Å². The Kier molecular flexibility index (Phi) is 39.6. The predicted octanol–water partition coefficient (Wildman–Crippen LogP) is 2.39. The van der Waals surface area contributed by atoms with Gasteiger partial charge in [0.2, 0.25) is 0 Å². The Morgan fingerprint density at radius 2 is 0.948 bits per heavy atom. The Hall–Kier alpha value is -5.62. The third-order valence-corrected chi connectivity index (χ3v) is 4.03. The van der Waals surface area contributed by atoms with Crippen molar-refractivity contribution in [3.63, 3.8) is 0 Å². The van der Waals surface area contributed by atoms with Crippen LogP contribution in [0.2, 0.25) is 0 Å². The van der Waals surface area contributed by atoms with Gasteiger partial charge < -0.3 is 59.1 Å². The van der Waals surface area contributed by atoms with Crippen LogP contribution in [0.5, 0.6) is 0 Å². The normalized spacial score (nSPS) is 10.4. The van der Waals surface area contributed by atoms with Crippen molar-refractivity contribution in [2.24, 2.45) is 0 Å². The molecule has 0 unspecified atom stereocenters. The van der Waals surface area contributed by atoms with Crippen LogP contribution in [0, 0.1) is 0 Å². The van der Waals surface area contributed by atoms with Crippen molar-refractivity contribution in [3.8, 4) is 0 Å². The fourth-order valence-corrected chi connectivity index (χ4v) is 1.60. The van der Waals surface area contributed by atoms with Gasteiger partial charge in [-0.2, -0.15) is 43.9 Å². The molecule has 0 aliphatic carbocycles. The summed E-state index contributed by atoms with van der Waals surface area (Å²) >= 11 is 0. The first-order chi connectivity index (χ1) is 26.3. The Labute approximate surface area is 319 Å². The number of methoxy groups -OCH3 is 2. The molecule has 0 aliphatic heterocycles. The summed E-state index contributed by atoms with van der Waals surface area (Å²) in [6, 6.07) is 0. The van der Waals surface area contributed by atoms with Gasteiger partial charge in [0.1, 0.15) is 26.4 Å². The number of carbonyl (C=O) groups is 8. The average Bonchev–Trinajstić information content (AvgIpc) is 3.08. The molecule has 0 radical (unpaired) electrons. The molecule has 0 spiro atoms. The van der Waals surface area contributed by atoms with Crippen molar-refractivity contribution < 1.29 is 141 Å². The number of ether oxygens (including phenoxy) is 6. The Bertz CT molecular complexity index is 1250. The standard InChI is InChI=1S/C9H12O6.C7H14O5.C4HF7O2.C3H6O3.C3H4O2.C2HF3O2/c1-2-8(12)14-5-6-15-9(13)4-3-7(10)11;1-10-2-3-11-4-5-12-6-7(8)9;5-2(6,1(12)13)3(7,8)4(9,10)11;1-6-2-3(4)5;1-2-3(4)5;3-2(4,5)1(6)7/h2H,1,3-6H2,(H,10,11);2-6H2,1H3,(H,8,9);(H,12,13);2H2,1H3,(H,4,5);2H,1H2,(H,4,5);(H,6,7). The van der Waals surface area contributed by atoms with Crippen LogP contribution in [0.4, 0.5) is 43.9 Å². The van der Waals surface area contributed by atoms with Gasteiger partial charge in [-0.05, 0) is 0 Å². The summed E-state index contributed by atoms with van der Waals surface area (Å²) in [5, 5.41) is 46.3. The molecule has 0 heterocycles. The zero-order chi connectivity index (χ0) is 47.3. The monoisotopic (exact) mass is 884 g/mol. The molecule has 20 nitrogen and oxygen atoms in total. The van der Waals surface area contributed by atoms with Gasteiger partial charge in [0.05, 0.1) is 39.3 Å². The van der Waals surface area contributed by atoms with Crippen LogP contribution in [-0.2, 0) is 66.8 Å². The van der Waals surface area contributed by atoms with Crippen molar-refractivity contribution in [3.05, 3.63) is 25.3 Å². The summed E-state index contributed by atoms with van der Waals surface area (Å²) in [6.45, 7) is 7.26. The van der Waals surface area contributed by atoms with Gasteiger partial charge in [0.15, 0.2) is 0 Å². The number of hydrogen-bond donors (Lipinski definition) is 6. The highest BCUT2D eigenvalue weighted by Crippen LogP contribution is 2.46. The second-order valence-electron chi connectivity index (χ2n) is 8.66. The Morgan fingerprint density at radius 1 is 0.534 bits per heavy atom. The number of aliphatic carboxylic acids is 6. The molecular weight excluding hydrogens is 846 g/mol. The van der Waals surface area contributed by atoms with Gasteiger partial charge >= 0.3 is 72.0 Å². The molecule has 0 rings (SSSR count). The van der Waals surface area contributed by atoms with Crippen molar-refractivity contribution >= 4 is 47.8 Å². The van der Waals surface area contributed by atoms with E-state index in [1.54, 1.807) is 7.11 Å². The molecule has 0 aromatic carbocycles. The van der Waals surface area contributed by atoms with Crippen LogP contribution < -0.4 is 0 Å². The molecular formula is C28H38F10O20. The lowest BCUT2D eigenvalue weighted by Crippen LogP contribution is -2.56. The van der Waals surface area contributed by atoms with Crippen LogP contribution in [0.15, 0.2) is 25.3 Å². The summed E-state index contributed by atoms with van der Waals surface area (Å²) < 4.78 is 140. The minimum absolute atomic E-state index is 0.0658. The fourth-order valence-electron chi connectivity index (χ4n) is 1.60. The maximum atomic E-state index is 11.8. The first-order valence-electron chi connectivity index (χ1n) is 14.2. The number of carboxylic acid groups (broad SMARTS) is 6. The molecule has 0 amide bonds. The number of carbonyl (C=O) groups excluding carboxylic acids is 2. The summed E-state index contributed by atoms with van der Waals surface area (Å²) in [5.74, 6) is -24.2. The Morgan fingerprint density at radius 3 is 1.22 bits per heavy atom. The molecule has 0 saturated heterocycles. The van der Waals surface area contributed by atoms with E-state index in [1.807, 2.05) is 0 Å². The molecule has 0 fully saturated rings. The third kappa shape index (κ3) is 44.8. The van der Waals surface area contributed by atoms with Gasteiger partial charge in [-0.1, -0.05) is 13.2 Å². The Balaban J connectivity index is -0.000000146. The van der Waals surface area contributed by atoms with Crippen molar-refractivity contribution in [1.29, 1.82) is 0 Å². The maximum Gasteiger partial charge on any atom is 0.490 e. The first-order valence-corrected chi connectivity index (χ1v) is 14.2. The van der Waals surface area contributed by atoms with E-state index < -0.39 is 72.0 Å². The van der Waals surface area contributed by atoms with E-state index >= 15 is 0 Å². The molecule has 6 N–H and O–H groups in total. The number of hydrogen-bond acceptors (Lipinski definition) is 14. The molecule has 58 heavy (non-hydrogen) atoms. The molecule has 0 bridgehead atoms. The number of carboxylic acids is 6. The summed E-state index contributed by atoms with van der Waals surface area (Å²) in [4.78, 5) is 78.4. The molecule has 340 valence electrons. The van der Waals surface area contributed by atoms with Gasteiger partial charge in [-0.25, -0.2) is 28.8 Å². The lowest BCUT2D eigenvalue weighted by molar-refractivity contribution is -0.347. The molecule has 0 aromatic rings. The lowest BCUT2D eigenvalue weighted by atomic mass is 10.1. The molecule has 0 atom stereocenters. The number of rotatable bonds is 20. The van der Waals surface area contributed by atoms with E-state index in [0.29, 0.717) is 26.4 Å². The second kappa shape index (κ2) is 35.8.